The van der Waals surface area contributed by atoms with Crippen molar-refractivity contribution in [2.75, 3.05) is 11.6 Å². The zero-order valence-electron chi connectivity index (χ0n) is 4.43. The largest absolute Gasteiger partial charge is 0.281 e. The minimum Gasteiger partial charge on any atom is -0.281 e. The molecular formula is C4H6I2N2. The maximum absolute atomic E-state index is 3.97. The third-order valence-electron chi connectivity index (χ3n) is 0.480. The molecule has 4 heteroatoms. The Kier molecular flexibility index (Phi) is 6.52. The molecular weight excluding hydrogens is 330 g/mol. The molecule has 0 aromatic heterocycles. The van der Waals surface area contributed by atoms with Gasteiger partial charge in [-0.2, -0.15) is 0 Å². The summed E-state index contributed by atoms with van der Waals surface area (Å²) >= 11 is 4.31. The van der Waals surface area contributed by atoms with E-state index in [2.05, 4.69) is 55.2 Å². The molecule has 0 aliphatic carbocycles. The summed E-state index contributed by atoms with van der Waals surface area (Å²) in [6, 6.07) is 0. The van der Waals surface area contributed by atoms with E-state index in [4.69, 9.17) is 0 Å². The molecule has 0 radical (unpaired) electrons. The highest BCUT2D eigenvalue weighted by Gasteiger charge is 1.78. The van der Waals surface area contributed by atoms with E-state index in [0.717, 1.165) is 8.27 Å². The van der Waals surface area contributed by atoms with Crippen molar-refractivity contribution in [3.8, 4) is 0 Å². The van der Waals surface area contributed by atoms with Crippen LogP contribution in [0.1, 0.15) is 0 Å². The molecule has 0 amide bonds. The Morgan fingerprint density at radius 1 is 1.75 bits per heavy atom. The van der Waals surface area contributed by atoms with Crippen molar-refractivity contribution in [2.24, 2.45) is 9.98 Å². The monoisotopic (exact) mass is 336 g/mol. The number of aliphatic imine (C=N–C) groups is 2. The van der Waals surface area contributed by atoms with Crippen molar-refractivity contribution in [2.45, 2.75) is 0 Å². The van der Waals surface area contributed by atoms with Crippen LogP contribution < -0.4 is 0 Å². The van der Waals surface area contributed by atoms with Crippen LogP contribution in [0.3, 0.4) is 0 Å². The fraction of sp³-hybridized carbons (Fsp3) is 0.500. The number of alkyl halides is 1. The van der Waals surface area contributed by atoms with Crippen LogP contribution in [0.5, 0.6) is 0 Å². The van der Waals surface area contributed by atoms with E-state index in [1.165, 1.54) is 0 Å². The lowest BCUT2D eigenvalue weighted by Gasteiger charge is -1.80. The second-order valence-corrected chi connectivity index (χ2v) is 2.77. The normalized spacial score (nSPS) is 13.1. The van der Waals surface area contributed by atoms with Gasteiger partial charge in [-0.15, -0.1) is 0 Å². The second-order valence-electron chi connectivity index (χ2n) is 0.978. The zero-order valence-corrected chi connectivity index (χ0v) is 8.75. The second kappa shape index (κ2) is 5.93. The van der Waals surface area contributed by atoms with Crippen LogP contribution in [-0.4, -0.2) is 21.5 Å². The molecule has 0 unspecified atom stereocenters. The molecule has 46 valence electrons. The topological polar surface area (TPSA) is 24.7 Å². The molecule has 0 saturated carbocycles. The van der Waals surface area contributed by atoms with Gasteiger partial charge in [-0.05, 0) is 22.6 Å². The molecule has 2 nitrogen and oxygen atoms in total. The number of rotatable bonds is 2. The molecule has 0 heterocycles. The molecule has 0 fully saturated rings. The van der Waals surface area contributed by atoms with E-state index in [0.29, 0.717) is 0 Å². The Morgan fingerprint density at radius 3 is 2.75 bits per heavy atom. The standard InChI is InChI=1S/C4H6I2N2/c1-7-4(6)2-8-3-5/h2H,3H2,1H3/b7-4-,8-2-. The predicted octanol–water partition coefficient (Wildman–Crippen LogP) is 1.91. The fourth-order valence-electron chi connectivity index (χ4n) is 0.168. The summed E-state index contributed by atoms with van der Waals surface area (Å²) in [5.41, 5.74) is 0. The minimum atomic E-state index is 0.805. The first kappa shape index (κ1) is 8.80. The third-order valence-corrected chi connectivity index (χ3v) is 1.64. The molecule has 8 heavy (non-hydrogen) atoms. The third kappa shape index (κ3) is 4.95. The van der Waals surface area contributed by atoms with Crippen LogP contribution in [0.15, 0.2) is 9.98 Å². The fourth-order valence-corrected chi connectivity index (χ4v) is 0.561. The molecule has 0 aliphatic heterocycles. The van der Waals surface area contributed by atoms with Crippen LogP contribution in [0.2, 0.25) is 0 Å². The lowest BCUT2D eigenvalue weighted by molar-refractivity contribution is 1.44. The molecule has 0 saturated heterocycles. The number of nitrogens with zero attached hydrogens (tertiary/aromatic N) is 2. The number of hydrogen-bond acceptors (Lipinski definition) is 2. The maximum Gasteiger partial charge on any atom is 0.113 e. The van der Waals surface area contributed by atoms with Gasteiger partial charge in [-0.3, -0.25) is 9.98 Å². The van der Waals surface area contributed by atoms with E-state index in [9.17, 15) is 0 Å². The first-order valence-electron chi connectivity index (χ1n) is 1.99. The van der Waals surface area contributed by atoms with Gasteiger partial charge in [0, 0.05) is 7.05 Å². The Bertz CT molecular complexity index is 109. The van der Waals surface area contributed by atoms with Crippen molar-refractivity contribution >= 4 is 55.1 Å². The van der Waals surface area contributed by atoms with Crippen LogP contribution in [0.4, 0.5) is 0 Å². The quantitative estimate of drug-likeness (QED) is 0.319. The van der Waals surface area contributed by atoms with Gasteiger partial charge >= 0.3 is 0 Å². The van der Waals surface area contributed by atoms with Crippen molar-refractivity contribution in [3.63, 3.8) is 0 Å². The van der Waals surface area contributed by atoms with Crippen LogP contribution >= 0.6 is 45.2 Å². The number of halogens is 2. The highest BCUT2D eigenvalue weighted by atomic mass is 127. The summed E-state index contributed by atoms with van der Waals surface area (Å²) in [7, 11) is 1.75. The predicted molar refractivity (Wildman–Crippen MR) is 54.8 cm³/mol. The van der Waals surface area contributed by atoms with Crippen LogP contribution in [0.25, 0.3) is 0 Å². The van der Waals surface area contributed by atoms with E-state index < -0.39 is 0 Å². The average molecular weight is 336 g/mol. The average Bonchev–Trinajstić information content (AvgIpc) is 1.83. The summed E-state index contributed by atoms with van der Waals surface area (Å²) in [6.45, 7) is 0. The van der Waals surface area contributed by atoms with Gasteiger partial charge in [0.25, 0.3) is 0 Å². The first-order chi connectivity index (χ1) is 3.81. The van der Waals surface area contributed by atoms with E-state index in [-0.39, 0.29) is 0 Å². The lowest BCUT2D eigenvalue weighted by Crippen LogP contribution is -1.85. The molecule has 0 spiro atoms. The molecule has 0 atom stereocenters. The summed E-state index contributed by atoms with van der Waals surface area (Å²) < 4.78 is 1.75. The zero-order chi connectivity index (χ0) is 6.41. The molecule has 0 aliphatic rings. The van der Waals surface area contributed by atoms with E-state index in [1.54, 1.807) is 13.3 Å². The van der Waals surface area contributed by atoms with Gasteiger partial charge in [0.15, 0.2) is 0 Å². The summed E-state index contributed by atoms with van der Waals surface area (Å²) in [5.74, 6) is 0. The molecule has 0 aromatic rings. The molecule has 0 bridgehead atoms. The van der Waals surface area contributed by atoms with E-state index >= 15 is 0 Å². The van der Waals surface area contributed by atoms with Crippen LogP contribution in [0, 0.1) is 0 Å². The van der Waals surface area contributed by atoms with Gasteiger partial charge in [0.05, 0.1) is 10.8 Å². The summed E-state index contributed by atoms with van der Waals surface area (Å²) in [4.78, 5) is 7.84. The number of hydrogen-bond donors (Lipinski definition) is 0. The van der Waals surface area contributed by atoms with Crippen molar-refractivity contribution < 1.29 is 0 Å². The van der Waals surface area contributed by atoms with E-state index in [1.807, 2.05) is 0 Å². The van der Waals surface area contributed by atoms with Gasteiger partial charge in [-0.25, -0.2) is 0 Å². The molecule has 0 rings (SSSR count). The summed E-state index contributed by atoms with van der Waals surface area (Å²) in [6.07, 6.45) is 1.76. The Labute approximate surface area is 76.1 Å². The van der Waals surface area contributed by atoms with Gasteiger partial charge < -0.3 is 0 Å². The first-order valence-corrected chi connectivity index (χ1v) is 4.59. The van der Waals surface area contributed by atoms with Gasteiger partial charge in [0.2, 0.25) is 0 Å². The smallest absolute Gasteiger partial charge is 0.113 e. The van der Waals surface area contributed by atoms with Crippen molar-refractivity contribution in [1.29, 1.82) is 0 Å². The highest BCUT2D eigenvalue weighted by molar-refractivity contribution is 14.1. The lowest BCUT2D eigenvalue weighted by atomic mass is 10.8. The highest BCUT2D eigenvalue weighted by Crippen LogP contribution is 1.87. The molecule has 0 N–H and O–H groups in total. The minimum absolute atomic E-state index is 0.805. The molecule has 0 aromatic carbocycles. The van der Waals surface area contributed by atoms with Crippen LogP contribution in [-0.2, 0) is 0 Å². The van der Waals surface area contributed by atoms with Gasteiger partial charge in [0.1, 0.15) is 3.72 Å². The maximum atomic E-state index is 3.97. The summed E-state index contributed by atoms with van der Waals surface area (Å²) in [5, 5.41) is 0. The van der Waals surface area contributed by atoms with Crippen molar-refractivity contribution in [1.82, 2.24) is 0 Å². The Balaban J connectivity index is 3.53. The van der Waals surface area contributed by atoms with Crippen molar-refractivity contribution in [3.05, 3.63) is 0 Å². The Morgan fingerprint density at radius 2 is 2.38 bits per heavy atom. The Hall–Kier alpha value is 0.800. The van der Waals surface area contributed by atoms with Gasteiger partial charge in [-0.1, -0.05) is 22.6 Å². The SMILES string of the molecule is C/N=C(I)/C=N\CI.